The molecule has 2 aliphatic rings. The van der Waals surface area contributed by atoms with E-state index in [4.69, 9.17) is 0 Å². The third-order valence-electron chi connectivity index (χ3n) is 4.76. The maximum absolute atomic E-state index is 12.5. The molecule has 1 aromatic carbocycles. The topological polar surface area (TPSA) is 82.2 Å². The summed E-state index contributed by atoms with van der Waals surface area (Å²) in [4.78, 5) is 23.7. The lowest BCUT2D eigenvalue weighted by Gasteiger charge is -2.29. The van der Waals surface area contributed by atoms with E-state index in [1.54, 1.807) is 6.20 Å². The molecule has 7 nitrogen and oxygen atoms in total. The molecule has 4 rings (SSSR count). The van der Waals surface area contributed by atoms with Crippen molar-refractivity contribution in [3.8, 4) is 0 Å². The Morgan fingerprint density at radius 2 is 2.00 bits per heavy atom. The van der Waals surface area contributed by atoms with Crippen LogP contribution in [0.5, 0.6) is 0 Å². The summed E-state index contributed by atoms with van der Waals surface area (Å²) in [5.41, 5.74) is 3.12. The number of anilines is 4. The predicted molar refractivity (Wildman–Crippen MR) is 98.6 cm³/mol. The summed E-state index contributed by atoms with van der Waals surface area (Å²) in [5.74, 6) is 0.896. The smallest absolute Gasteiger partial charge is 0.261 e. The number of aryl methyl sites for hydroxylation is 1. The van der Waals surface area contributed by atoms with Gasteiger partial charge in [-0.05, 0) is 57.6 Å². The number of nitrogens with one attached hydrogen (secondary N) is 3. The van der Waals surface area contributed by atoms with Gasteiger partial charge in [0, 0.05) is 12.2 Å². The van der Waals surface area contributed by atoms with Crippen LogP contribution in [-0.4, -0.2) is 47.0 Å². The Balaban J connectivity index is 1.59. The molecule has 3 heterocycles. The van der Waals surface area contributed by atoms with E-state index in [1.807, 2.05) is 25.1 Å². The largest absolute Gasteiger partial charge is 0.351 e. The highest BCUT2D eigenvalue weighted by molar-refractivity contribution is 6.11. The zero-order chi connectivity index (χ0) is 17.4. The van der Waals surface area contributed by atoms with Crippen LogP contribution in [0.2, 0.25) is 0 Å². The minimum atomic E-state index is -0.197. The lowest BCUT2D eigenvalue weighted by atomic mass is 10.1. The Kier molecular flexibility index (Phi) is 4.01. The molecule has 0 unspecified atom stereocenters. The number of benzene rings is 1. The fourth-order valence-corrected chi connectivity index (χ4v) is 3.24. The van der Waals surface area contributed by atoms with E-state index in [2.05, 4.69) is 37.9 Å². The molecule has 2 aromatic rings. The van der Waals surface area contributed by atoms with Crippen molar-refractivity contribution in [3.05, 3.63) is 35.5 Å². The number of hydrogen-bond acceptors (Lipinski definition) is 6. The molecule has 1 amide bonds. The van der Waals surface area contributed by atoms with Crippen molar-refractivity contribution in [2.24, 2.45) is 0 Å². The van der Waals surface area contributed by atoms with Gasteiger partial charge < -0.3 is 20.9 Å². The fourth-order valence-electron chi connectivity index (χ4n) is 3.24. The second-order valence-corrected chi connectivity index (χ2v) is 6.81. The molecule has 0 spiro atoms. The van der Waals surface area contributed by atoms with Crippen molar-refractivity contribution in [1.29, 1.82) is 0 Å². The molecule has 25 heavy (non-hydrogen) atoms. The lowest BCUT2D eigenvalue weighted by Crippen LogP contribution is -2.37. The van der Waals surface area contributed by atoms with E-state index < -0.39 is 0 Å². The average Bonchev–Trinajstić information content (AvgIpc) is 2.72. The van der Waals surface area contributed by atoms with E-state index in [1.165, 1.54) is 0 Å². The number of nitrogens with zero attached hydrogens (tertiary/aromatic N) is 3. The van der Waals surface area contributed by atoms with Gasteiger partial charge in [-0.15, -0.1) is 0 Å². The monoisotopic (exact) mass is 338 g/mol. The van der Waals surface area contributed by atoms with Crippen molar-refractivity contribution >= 4 is 29.0 Å². The highest BCUT2D eigenvalue weighted by Gasteiger charge is 2.22. The van der Waals surface area contributed by atoms with Crippen LogP contribution in [0.4, 0.5) is 23.1 Å². The molecular formula is C18H22N6O. The molecule has 0 bridgehead atoms. The first-order valence-electron chi connectivity index (χ1n) is 8.59. The van der Waals surface area contributed by atoms with Crippen LogP contribution in [0.15, 0.2) is 24.4 Å². The first kappa shape index (κ1) is 15.8. The maximum Gasteiger partial charge on any atom is 0.261 e. The average molecular weight is 338 g/mol. The number of aromatic nitrogens is 2. The number of amides is 1. The highest BCUT2D eigenvalue weighted by atomic mass is 16.1. The van der Waals surface area contributed by atoms with Crippen LogP contribution < -0.4 is 16.0 Å². The number of piperidine rings is 1. The Hall–Kier alpha value is -2.67. The van der Waals surface area contributed by atoms with E-state index in [0.29, 0.717) is 23.4 Å². The van der Waals surface area contributed by atoms with Gasteiger partial charge >= 0.3 is 0 Å². The van der Waals surface area contributed by atoms with Crippen molar-refractivity contribution in [1.82, 2.24) is 14.9 Å². The van der Waals surface area contributed by atoms with Crippen molar-refractivity contribution in [2.75, 3.05) is 36.1 Å². The molecule has 3 N–H and O–H groups in total. The van der Waals surface area contributed by atoms with Gasteiger partial charge in [-0.3, -0.25) is 4.79 Å². The molecule has 1 aromatic heterocycles. The van der Waals surface area contributed by atoms with E-state index in [-0.39, 0.29) is 5.91 Å². The van der Waals surface area contributed by atoms with Gasteiger partial charge in [-0.2, -0.15) is 4.98 Å². The summed E-state index contributed by atoms with van der Waals surface area (Å²) >= 11 is 0. The summed E-state index contributed by atoms with van der Waals surface area (Å²) < 4.78 is 0. The second-order valence-electron chi connectivity index (χ2n) is 6.81. The third-order valence-corrected chi connectivity index (χ3v) is 4.76. The van der Waals surface area contributed by atoms with Crippen LogP contribution in [0, 0.1) is 6.92 Å². The molecule has 0 radical (unpaired) electrons. The molecule has 2 aliphatic heterocycles. The van der Waals surface area contributed by atoms with Crippen LogP contribution in [-0.2, 0) is 0 Å². The first-order valence-corrected chi connectivity index (χ1v) is 8.59. The Morgan fingerprint density at radius 1 is 1.20 bits per heavy atom. The summed E-state index contributed by atoms with van der Waals surface area (Å²) in [6.07, 6.45) is 3.71. The maximum atomic E-state index is 12.5. The summed E-state index contributed by atoms with van der Waals surface area (Å²) in [7, 11) is 2.14. The van der Waals surface area contributed by atoms with Gasteiger partial charge in [0.05, 0.1) is 11.4 Å². The van der Waals surface area contributed by atoms with Gasteiger partial charge in [0.15, 0.2) is 0 Å². The van der Waals surface area contributed by atoms with Crippen LogP contribution in [0.1, 0.15) is 28.8 Å². The quantitative estimate of drug-likeness (QED) is 0.781. The van der Waals surface area contributed by atoms with Crippen molar-refractivity contribution in [2.45, 2.75) is 25.8 Å². The van der Waals surface area contributed by atoms with Crippen LogP contribution >= 0.6 is 0 Å². The number of carbonyl (C=O) groups excluding carboxylic acids is 1. The molecule has 130 valence electrons. The van der Waals surface area contributed by atoms with Crippen LogP contribution in [0.25, 0.3) is 0 Å². The van der Waals surface area contributed by atoms with Crippen molar-refractivity contribution < 1.29 is 4.79 Å². The fraction of sp³-hybridized carbons (Fsp3) is 0.389. The lowest BCUT2D eigenvalue weighted by molar-refractivity contribution is 0.102. The second kappa shape index (κ2) is 6.33. The van der Waals surface area contributed by atoms with Gasteiger partial charge in [-0.25, -0.2) is 4.98 Å². The van der Waals surface area contributed by atoms with Gasteiger partial charge in [0.25, 0.3) is 5.91 Å². The van der Waals surface area contributed by atoms with Gasteiger partial charge in [0.2, 0.25) is 5.95 Å². The number of fused-ring (bicyclic) bond motifs is 2. The molecule has 1 fully saturated rings. The van der Waals surface area contributed by atoms with Crippen LogP contribution in [0.3, 0.4) is 0 Å². The molecule has 0 atom stereocenters. The number of likely N-dealkylation sites (tertiary alicyclic amines) is 1. The summed E-state index contributed by atoms with van der Waals surface area (Å²) in [6.45, 7) is 4.12. The molecular weight excluding hydrogens is 316 g/mol. The zero-order valence-corrected chi connectivity index (χ0v) is 14.5. The van der Waals surface area contributed by atoms with E-state index >= 15 is 0 Å². The first-order chi connectivity index (χ1) is 12.1. The number of hydrogen-bond donors (Lipinski definition) is 3. The number of rotatable bonds is 2. The number of carbonyl (C=O) groups is 1. The normalized spacial score (nSPS) is 17.8. The zero-order valence-electron chi connectivity index (χ0n) is 14.5. The highest BCUT2D eigenvalue weighted by Crippen LogP contribution is 2.31. The SMILES string of the molecule is Cc1ccc2c(c1)NC(=O)c1cnc(NC3CCN(C)CC3)nc1N2. The summed E-state index contributed by atoms with van der Waals surface area (Å²) in [5, 5.41) is 9.58. The Labute approximate surface area is 146 Å². The minimum Gasteiger partial charge on any atom is -0.351 e. The summed E-state index contributed by atoms with van der Waals surface area (Å²) in [6, 6.07) is 6.26. The van der Waals surface area contributed by atoms with E-state index in [9.17, 15) is 4.79 Å². The molecule has 0 aliphatic carbocycles. The molecule has 7 heteroatoms. The van der Waals surface area contributed by atoms with E-state index in [0.717, 1.165) is 42.9 Å². The minimum absolute atomic E-state index is 0.197. The Morgan fingerprint density at radius 3 is 2.80 bits per heavy atom. The van der Waals surface area contributed by atoms with Gasteiger partial charge in [-0.1, -0.05) is 6.07 Å². The van der Waals surface area contributed by atoms with Crippen molar-refractivity contribution in [3.63, 3.8) is 0 Å². The molecule has 1 saturated heterocycles. The van der Waals surface area contributed by atoms with Gasteiger partial charge in [0.1, 0.15) is 11.4 Å². The predicted octanol–water partition coefficient (Wildman–Crippen LogP) is 2.60. The standard InChI is InChI=1S/C18H22N6O/c1-11-3-4-14-15(9-11)22-17(25)13-10-19-18(23-16(13)21-14)20-12-5-7-24(2)8-6-12/h3-4,9-10,12H,5-8H2,1-2H3,(H,22,25)(H2,19,20,21,23). The third kappa shape index (κ3) is 3.28. The molecule has 0 saturated carbocycles. The Bertz CT molecular complexity index is 813.